The Morgan fingerprint density at radius 1 is 1.04 bits per heavy atom. The number of nitrogens with zero attached hydrogens (tertiary/aromatic N) is 1. The maximum absolute atomic E-state index is 12.5. The molecule has 0 spiro atoms. The summed E-state index contributed by atoms with van der Waals surface area (Å²) in [6.07, 6.45) is 1.82. The number of hydrogen-bond acceptors (Lipinski definition) is 4. The number of nitrogens with one attached hydrogen (secondary N) is 1. The van der Waals surface area contributed by atoms with Crippen molar-refractivity contribution in [2.24, 2.45) is 0 Å². The maximum Gasteiger partial charge on any atom is 0.251 e. The summed E-state index contributed by atoms with van der Waals surface area (Å²) in [5.74, 6) is 0.498. The van der Waals surface area contributed by atoms with Gasteiger partial charge in [-0.05, 0) is 54.8 Å². The number of sulfonamides is 1. The predicted octanol–water partition coefficient (Wildman–Crippen LogP) is 2.41. The summed E-state index contributed by atoms with van der Waals surface area (Å²) in [6.45, 7) is 1.50. The van der Waals surface area contributed by atoms with Crippen LogP contribution in [0.3, 0.4) is 0 Å². The zero-order valence-corrected chi connectivity index (χ0v) is 15.5. The van der Waals surface area contributed by atoms with E-state index in [4.69, 9.17) is 4.74 Å². The number of methoxy groups -OCH3 is 1. The minimum Gasteiger partial charge on any atom is -0.497 e. The molecule has 1 heterocycles. The van der Waals surface area contributed by atoms with Gasteiger partial charge < -0.3 is 10.1 Å². The van der Waals surface area contributed by atoms with Crippen molar-refractivity contribution in [2.45, 2.75) is 24.3 Å². The molecule has 0 radical (unpaired) electrons. The third-order valence-electron chi connectivity index (χ3n) is 4.43. The van der Waals surface area contributed by atoms with Crippen LogP contribution in [0.4, 0.5) is 0 Å². The molecule has 3 rings (SSSR count). The highest BCUT2D eigenvalue weighted by Gasteiger charge is 2.26. The van der Waals surface area contributed by atoms with E-state index >= 15 is 0 Å². The normalized spacial score (nSPS) is 15.0. The minimum absolute atomic E-state index is 0.193. The van der Waals surface area contributed by atoms with Gasteiger partial charge in [-0.3, -0.25) is 4.79 Å². The second-order valence-corrected chi connectivity index (χ2v) is 8.10. The summed E-state index contributed by atoms with van der Waals surface area (Å²) in [7, 11) is -1.83. The Labute approximate surface area is 153 Å². The van der Waals surface area contributed by atoms with Crippen LogP contribution in [0.2, 0.25) is 0 Å². The topological polar surface area (TPSA) is 75.7 Å². The molecule has 1 fully saturated rings. The summed E-state index contributed by atoms with van der Waals surface area (Å²) < 4.78 is 31.6. The van der Waals surface area contributed by atoms with Crippen LogP contribution >= 0.6 is 0 Å². The maximum atomic E-state index is 12.5. The lowest BCUT2D eigenvalue weighted by atomic mass is 10.2. The third-order valence-corrected chi connectivity index (χ3v) is 6.34. The van der Waals surface area contributed by atoms with E-state index in [9.17, 15) is 13.2 Å². The lowest BCUT2D eigenvalue weighted by Gasteiger charge is -2.15. The molecular weight excluding hydrogens is 352 g/mol. The molecule has 0 aliphatic carbocycles. The molecule has 6 nitrogen and oxygen atoms in total. The summed E-state index contributed by atoms with van der Waals surface area (Å²) >= 11 is 0. The van der Waals surface area contributed by atoms with Crippen LogP contribution < -0.4 is 10.1 Å². The number of ether oxygens (including phenoxy) is 1. The van der Waals surface area contributed by atoms with Gasteiger partial charge in [0.05, 0.1) is 12.0 Å². The van der Waals surface area contributed by atoms with Gasteiger partial charge in [-0.1, -0.05) is 12.1 Å². The largest absolute Gasteiger partial charge is 0.497 e. The van der Waals surface area contributed by atoms with Gasteiger partial charge in [-0.2, -0.15) is 4.31 Å². The number of carbonyl (C=O) groups is 1. The first kappa shape index (κ1) is 18.4. The zero-order valence-electron chi connectivity index (χ0n) is 14.6. The molecule has 26 heavy (non-hydrogen) atoms. The fourth-order valence-corrected chi connectivity index (χ4v) is 4.40. The van der Waals surface area contributed by atoms with Crippen molar-refractivity contribution in [3.63, 3.8) is 0 Å². The van der Waals surface area contributed by atoms with Crippen LogP contribution in [0, 0.1) is 0 Å². The minimum atomic E-state index is -3.40. The monoisotopic (exact) mass is 374 g/mol. The number of rotatable bonds is 6. The lowest BCUT2D eigenvalue weighted by molar-refractivity contribution is 0.0951. The Bertz CT molecular complexity index is 855. The van der Waals surface area contributed by atoms with Gasteiger partial charge in [0, 0.05) is 25.2 Å². The fourth-order valence-electron chi connectivity index (χ4n) is 2.88. The second-order valence-electron chi connectivity index (χ2n) is 6.17. The van der Waals surface area contributed by atoms with E-state index < -0.39 is 10.0 Å². The van der Waals surface area contributed by atoms with Gasteiger partial charge in [0.2, 0.25) is 10.0 Å². The molecule has 1 aliphatic heterocycles. The molecule has 0 aromatic heterocycles. The Balaban J connectivity index is 1.61. The highest BCUT2D eigenvalue weighted by Crippen LogP contribution is 2.21. The molecule has 2 aromatic carbocycles. The summed E-state index contributed by atoms with van der Waals surface area (Å²) in [5.41, 5.74) is 1.38. The average molecular weight is 374 g/mol. The van der Waals surface area contributed by atoms with Crippen molar-refractivity contribution < 1.29 is 17.9 Å². The second kappa shape index (κ2) is 7.88. The van der Waals surface area contributed by atoms with Crippen LogP contribution in [0.15, 0.2) is 53.4 Å². The first-order chi connectivity index (χ1) is 12.5. The first-order valence-electron chi connectivity index (χ1n) is 8.52. The molecule has 138 valence electrons. The van der Waals surface area contributed by atoms with Gasteiger partial charge >= 0.3 is 0 Å². The van der Waals surface area contributed by atoms with Gasteiger partial charge in [-0.15, -0.1) is 0 Å². The van der Waals surface area contributed by atoms with Crippen LogP contribution in [0.25, 0.3) is 0 Å². The van der Waals surface area contributed by atoms with Crippen molar-refractivity contribution in [2.75, 3.05) is 20.2 Å². The molecule has 0 unspecified atom stereocenters. The highest BCUT2D eigenvalue weighted by atomic mass is 32.2. The predicted molar refractivity (Wildman–Crippen MR) is 98.6 cm³/mol. The summed E-state index contributed by atoms with van der Waals surface area (Å²) in [5, 5.41) is 2.83. The molecule has 1 aliphatic rings. The molecule has 2 aromatic rings. The Morgan fingerprint density at radius 3 is 2.23 bits per heavy atom. The number of amides is 1. The highest BCUT2D eigenvalue weighted by molar-refractivity contribution is 7.89. The molecule has 0 saturated carbocycles. The SMILES string of the molecule is COc1ccc(C(=O)NCc2ccc(S(=O)(=O)N3CCCC3)cc2)cc1. The molecule has 1 N–H and O–H groups in total. The molecule has 0 bridgehead atoms. The smallest absolute Gasteiger partial charge is 0.251 e. The first-order valence-corrected chi connectivity index (χ1v) is 9.96. The van der Waals surface area contributed by atoms with E-state index in [0.29, 0.717) is 35.8 Å². The van der Waals surface area contributed by atoms with Crippen molar-refractivity contribution in [1.29, 1.82) is 0 Å². The quantitative estimate of drug-likeness (QED) is 0.842. The standard InChI is InChI=1S/C19H22N2O4S/c1-25-17-8-6-16(7-9-17)19(22)20-14-15-4-10-18(11-5-15)26(23,24)21-12-2-3-13-21/h4-11H,2-3,12-14H2,1H3,(H,20,22). The molecule has 0 atom stereocenters. The van der Waals surface area contributed by atoms with E-state index in [0.717, 1.165) is 18.4 Å². The zero-order chi connectivity index (χ0) is 18.6. The Kier molecular flexibility index (Phi) is 5.58. The van der Waals surface area contributed by atoms with Gasteiger partial charge in [0.15, 0.2) is 0 Å². The number of benzene rings is 2. The lowest BCUT2D eigenvalue weighted by Crippen LogP contribution is -2.28. The number of hydrogen-bond donors (Lipinski definition) is 1. The molecule has 7 heteroatoms. The number of carbonyl (C=O) groups excluding carboxylic acids is 1. The van der Waals surface area contributed by atoms with E-state index in [1.807, 2.05) is 0 Å². The van der Waals surface area contributed by atoms with Gasteiger partial charge in [-0.25, -0.2) is 8.42 Å². The van der Waals surface area contributed by atoms with E-state index in [2.05, 4.69) is 5.32 Å². The van der Waals surface area contributed by atoms with Gasteiger partial charge in [0.1, 0.15) is 5.75 Å². The van der Waals surface area contributed by atoms with E-state index in [-0.39, 0.29) is 5.91 Å². The average Bonchev–Trinajstić information content (AvgIpc) is 3.22. The van der Waals surface area contributed by atoms with Crippen LogP contribution in [0.1, 0.15) is 28.8 Å². The van der Waals surface area contributed by atoms with E-state index in [1.54, 1.807) is 55.6 Å². The third kappa shape index (κ3) is 4.05. The van der Waals surface area contributed by atoms with Gasteiger partial charge in [0.25, 0.3) is 5.91 Å². The molecular formula is C19H22N2O4S. The Morgan fingerprint density at radius 2 is 1.65 bits per heavy atom. The van der Waals surface area contributed by atoms with Crippen molar-refractivity contribution >= 4 is 15.9 Å². The summed E-state index contributed by atoms with van der Waals surface area (Å²) in [4.78, 5) is 12.5. The van der Waals surface area contributed by atoms with E-state index in [1.165, 1.54) is 4.31 Å². The molecule has 1 saturated heterocycles. The summed E-state index contributed by atoms with van der Waals surface area (Å²) in [6, 6.07) is 13.5. The van der Waals surface area contributed by atoms with Crippen LogP contribution in [0.5, 0.6) is 5.75 Å². The van der Waals surface area contributed by atoms with Crippen LogP contribution in [-0.2, 0) is 16.6 Å². The Hall–Kier alpha value is -2.38. The van der Waals surface area contributed by atoms with Crippen molar-refractivity contribution in [3.05, 3.63) is 59.7 Å². The fraction of sp³-hybridized carbons (Fsp3) is 0.316. The molecule has 1 amide bonds. The van der Waals surface area contributed by atoms with Crippen molar-refractivity contribution in [1.82, 2.24) is 9.62 Å². The van der Waals surface area contributed by atoms with Crippen LogP contribution in [-0.4, -0.2) is 38.8 Å². The van der Waals surface area contributed by atoms with Crippen molar-refractivity contribution in [3.8, 4) is 5.75 Å².